The van der Waals surface area contributed by atoms with Crippen LogP contribution in [-0.4, -0.2) is 43.7 Å². The molecule has 1 amide bonds. The van der Waals surface area contributed by atoms with Crippen molar-refractivity contribution in [1.29, 1.82) is 0 Å². The van der Waals surface area contributed by atoms with Crippen LogP contribution >= 0.6 is 12.4 Å². The first kappa shape index (κ1) is 17.7. The van der Waals surface area contributed by atoms with Crippen LogP contribution < -0.4 is 5.73 Å². The Balaban J connectivity index is 0.00000200. The first-order valence-corrected chi connectivity index (χ1v) is 7.74. The molecule has 0 spiro atoms. The van der Waals surface area contributed by atoms with E-state index in [9.17, 15) is 4.79 Å². The van der Waals surface area contributed by atoms with Crippen molar-refractivity contribution in [3.8, 4) is 0 Å². The van der Waals surface area contributed by atoms with Gasteiger partial charge in [0.15, 0.2) is 0 Å². The van der Waals surface area contributed by atoms with Crippen LogP contribution in [-0.2, 0) is 9.53 Å². The summed E-state index contributed by atoms with van der Waals surface area (Å²) < 4.78 is 5.47. The smallest absolute Gasteiger partial charge is 0.222 e. The van der Waals surface area contributed by atoms with E-state index in [1.165, 1.54) is 19.3 Å². The van der Waals surface area contributed by atoms with Crippen LogP contribution in [0.2, 0.25) is 0 Å². The molecule has 0 radical (unpaired) electrons. The molecule has 3 atom stereocenters. The molecule has 20 heavy (non-hydrogen) atoms. The number of nitrogens with two attached hydrogens (primary N) is 1. The topological polar surface area (TPSA) is 55.6 Å². The Morgan fingerprint density at radius 2 is 2.00 bits per heavy atom. The zero-order valence-corrected chi connectivity index (χ0v) is 13.4. The van der Waals surface area contributed by atoms with E-state index < -0.39 is 0 Å². The average molecular weight is 305 g/mol. The fraction of sp³-hybridized carbons (Fsp3) is 0.933. The van der Waals surface area contributed by atoms with Gasteiger partial charge in [-0.1, -0.05) is 12.8 Å². The van der Waals surface area contributed by atoms with Crippen LogP contribution in [0.15, 0.2) is 0 Å². The van der Waals surface area contributed by atoms with Crippen molar-refractivity contribution in [2.75, 3.05) is 26.8 Å². The molecule has 0 bridgehead atoms. The number of nitrogens with zero attached hydrogens (tertiary/aromatic N) is 1. The number of rotatable bonds is 4. The Labute approximate surface area is 128 Å². The van der Waals surface area contributed by atoms with Gasteiger partial charge in [0.05, 0.1) is 6.61 Å². The second-order valence-corrected chi connectivity index (χ2v) is 6.27. The number of amides is 1. The normalized spacial score (nSPS) is 30.4. The minimum atomic E-state index is 0. The average Bonchev–Trinajstić information content (AvgIpc) is 2.42. The largest absolute Gasteiger partial charge is 0.381 e. The van der Waals surface area contributed by atoms with Gasteiger partial charge in [-0.25, -0.2) is 0 Å². The van der Waals surface area contributed by atoms with Gasteiger partial charge in [-0.05, 0) is 37.5 Å². The van der Waals surface area contributed by atoms with E-state index in [0.29, 0.717) is 18.3 Å². The van der Waals surface area contributed by atoms with Gasteiger partial charge in [-0.15, -0.1) is 12.4 Å². The third-order valence-electron chi connectivity index (χ3n) is 4.62. The SMILES string of the molecule is CN(CC1CCCOC1)C(=O)CC1CCCCC1N.Cl. The van der Waals surface area contributed by atoms with Crippen molar-refractivity contribution >= 4 is 18.3 Å². The van der Waals surface area contributed by atoms with Gasteiger partial charge in [0.2, 0.25) is 5.91 Å². The first-order valence-electron chi connectivity index (χ1n) is 7.74. The van der Waals surface area contributed by atoms with Gasteiger partial charge in [-0.2, -0.15) is 0 Å². The Morgan fingerprint density at radius 1 is 1.25 bits per heavy atom. The first-order chi connectivity index (χ1) is 9.16. The highest BCUT2D eigenvalue weighted by Gasteiger charge is 2.26. The maximum absolute atomic E-state index is 12.3. The molecule has 3 unspecified atom stereocenters. The maximum Gasteiger partial charge on any atom is 0.222 e. The Kier molecular flexibility index (Phi) is 7.85. The summed E-state index contributed by atoms with van der Waals surface area (Å²) in [5.74, 6) is 1.17. The van der Waals surface area contributed by atoms with Crippen LogP contribution in [0.1, 0.15) is 44.9 Å². The van der Waals surface area contributed by atoms with Crippen molar-refractivity contribution in [1.82, 2.24) is 4.90 Å². The molecule has 1 saturated heterocycles. The Morgan fingerprint density at radius 3 is 2.65 bits per heavy atom. The molecule has 118 valence electrons. The van der Waals surface area contributed by atoms with E-state index in [1.54, 1.807) is 0 Å². The number of hydrogen-bond acceptors (Lipinski definition) is 3. The lowest BCUT2D eigenvalue weighted by atomic mass is 9.82. The van der Waals surface area contributed by atoms with Crippen LogP contribution in [0.5, 0.6) is 0 Å². The summed E-state index contributed by atoms with van der Waals surface area (Å²) in [7, 11) is 1.92. The Bertz CT molecular complexity index is 296. The summed E-state index contributed by atoms with van der Waals surface area (Å²) in [5, 5.41) is 0. The highest BCUT2D eigenvalue weighted by molar-refractivity contribution is 5.85. The van der Waals surface area contributed by atoms with Gasteiger partial charge in [-0.3, -0.25) is 4.79 Å². The highest BCUT2D eigenvalue weighted by Crippen LogP contribution is 2.26. The fourth-order valence-electron chi connectivity index (χ4n) is 3.31. The zero-order valence-electron chi connectivity index (χ0n) is 12.6. The van der Waals surface area contributed by atoms with E-state index in [-0.39, 0.29) is 24.4 Å². The lowest BCUT2D eigenvalue weighted by Crippen LogP contribution is -2.40. The lowest BCUT2D eigenvalue weighted by molar-refractivity contribution is -0.132. The molecular weight excluding hydrogens is 276 g/mol. The van der Waals surface area contributed by atoms with E-state index in [2.05, 4.69) is 0 Å². The van der Waals surface area contributed by atoms with Crippen LogP contribution in [0.25, 0.3) is 0 Å². The monoisotopic (exact) mass is 304 g/mol. The molecule has 1 heterocycles. The highest BCUT2D eigenvalue weighted by atomic mass is 35.5. The van der Waals surface area contributed by atoms with Crippen molar-refractivity contribution in [2.45, 2.75) is 51.0 Å². The van der Waals surface area contributed by atoms with E-state index in [4.69, 9.17) is 10.5 Å². The fourth-order valence-corrected chi connectivity index (χ4v) is 3.31. The van der Waals surface area contributed by atoms with E-state index in [1.807, 2.05) is 11.9 Å². The van der Waals surface area contributed by atoms with Gasteiger partial charge in [0.25, 0.3) is 0 Å². The van der Waals surface area contributed by atoms with Crippen LogP contribution in [0, 0.1) is 11.8 Å². The minimum absolute atomic E-state index is 0. The number of halogens is 1. The molecule has 2 N–H and O–H groups in total. The van der Waals surface area contributed by atoms with Crippen LogP contribution in [0.3, 0.4) is 0 Å². The van der Waals surface area contributed by atoms with Crippen molar-refractivity contribution in [3.05, 3.63) is 0 Å². The Hall–Kier alpha value is -0.320. The summed E-state index contributed by atoms with van der Waals surface area (Å²) in [6.45, 7) is 2.52. The van der Waals surface area contributed by atoms with Crippen molar-refractivity contribution in [3.63, 3.8) is 0 Å². The minimum Gasteiger partial charge on any atom is -0.381 e. The van der Waals surface area contributed by atoms with Crippen LogP contribution in [0.4, 0.5) is 0 Å². The molecule has 1 saturated carbocycles. The van der Waals surface area contributed by atoms with Gasteiger partial charge < -0.3 is 15.4 Å². The molecule has 4 nitrogen and oxygen atoms in total. The molecular formula is C15H29ClN2O2. The summed E-state index contributed by atoms with van der Waals surface area (Å²) in [5.41, 5.74) is 6.12. The van der Waals surface area contributed by atoms with Gasteiger partial charge in [0, 0.05) is 32.7 Å². The number of ether oxygens (including phenoxy) is 1. The summed E-state index contributed by atoms with van der Waals surface area (Å²) in [6, 6.07) is 0.226. The van der Waals surface area contributed by atoms with Gasteiger partial charge >= 0.3 is 0 Å². The van der Waals surface area contributed by atoms with E-state index >= 15 is 0 Å². The predicted octanol–water partition coefficient (Wildman–Crippen LogP) is 2.20. The van der Waals surface area contributed by atoms with Crippen molar-refractivity contribution in [2.24, 2.45) is 17.6 Å². The molecule has 2 fully saturated rings. The second-order valence-electron chi connectivity index (χ2n) is 6.27. The van der Waals surface area contributed by atoms with Gasteiger partial charge in [0.1, 0.15) is 0 Å². The zero-order chi connectivity index (χ0) is 13.7. The van der Waals surface area contributed by atoms with Crippen molar-refractivity contribution < 1.29 is 9.53 Å². The molecule has 0 aromatic carbocycles. The summed E-state index contributed by atoms with van der Waals surface area (Å²) in [6.07, 6.45) is 7.59. The molecule has 2 rings (SSSR count). The molecule has 1 aliphatic carbocycles. The van der Waals surface area contributed by atoms with E-state index in [0.717, 1.165) is 39.0 Å². The second kappa shape index (κ2) is 8.85. The number of hydrogen-bond donors (Lipinski definition) is 1. The lowest BCUT2D eigenvalue weighted by Gasteiger charge is -2.31. The molecule has 0 aromatic heterocycles. The molecule has 1 aliphatic heterocycles. The number of carbonyl (C=O) groups is 1. The molecule has 5 heteroatoms. The third kappa shape index (κ3) is 5.23. The summed E-state index contributed by atoms with van der Waals surface area (Å²) >= 11 is 0. The third-order valence-corrected chi connectivity index (χ3v) is 4.62. The molecule has 0 aromatic rings. The predicted molar refractivity (Wildman–Crippen MR) is 83.0 cm³/mol. The molecule has 2 aliphatic rings. The quantitative estimate of drug-likeness (QED) is 0.866. The summed E-state index contributed by atoms with van der Waals surface area (Å²) in [4.78, 5) is 14.1. The number of carbonyl (C=O) groups excluding carboxylic acids is 1. The maximum atomic E-state index is 12.3. The standard InChI is InChI=1S/C15H28N2O2.ClH/c1-17(10-12-5-4-8-19-11-12)15(18)9-13-6-2-3-7-14(13)16;/h12-14H,2-11,16H2,1H3;1H.